The van der Waals surface area contributed by atoms with Gasteiger partial charge in [0, 0.05) is 0 Å². The van der Waals surface area contributed by atoms with Crippen molar-refractivity contribution in [3.8, 4) is 0 Å². The van der Waals surface area contributed by atoms with E-state index in [1.807, 2.05) is 0 Å². The van der Waals surface area contributed by atoms with E-state index in [4.69, 9.17) is 19.2 Å². The van der Waals surface area contributed by atoms with Crippen LogP contribution in [-0.4, -0.2) is 33.5 Å². The van der Waals surface area contributed by atoms with E-state index in [2.05, 4.69) is 0 Å². The van der Waals surface area contributed by atoms with Crippen LogP contribution < -0.4 is 0 Å². The van der Waals surface area contributed by atoms with Gasteiger partial charge in [0.15, 0.2) is 0 Å². The molecule has 0 bridgehead atoms. The summed E-state index contributed by atoms with van der Waals surface area (Å²) in [6.07, 6.45) is 0. The third kappa shape index (κ3) is 146. The van der Waals surface area contributed by atoms with Crippen LogP contribution in [0.15, 0.2) is 0 Å². The number of rotatable bonds is 0. The van der Waals surface area contributed by atoms with Crippen LogP contribution in [0.2, 0.25) is 0 Å². The molecule has 0 saturated heterocycles. The summed E-state index contributed by atoms with van der Waals surface area (Å²) < 4.78 is 8.88. The van der Waals surface area contributed by atoms with Crippen LogP contribution in [0.1, 0.15) is 0 Å². The van der Waals surface area contributed by atoms with Crippen molar-refractivity contribution in [2.45, 2.75) is 0 Å². The molecule has 0 spiro atoms. The van der Waals surface area contributed by atoms with Crippen molar-refractivity contribution >= 4 is 36.6 Å². The monoisotopic (exact) mass is 140 g/mol. The molecule has 0 heterocycles. The predicted octanol–water partition coefficient (Wildman–Crippen LogP) is -1.52. The van der Waals surface area contributed by atoms with Crippen LogP contribution >= 0.6 is 17.7 Å². The molecule has 7 heteroatoms. The van der Waals surface area contributed by atoms with Crippen molar-refractivity contribution in [2.75, 3.05) is 0 Å². The van der Waals surface area contributed by atoms with Gasteiger partial charge in [0.25, 0.3) is 0 Å². The van der Waals surface area contributed by atoms with Crippen LogP contribution in [0, 0.1) is 0 Å². The van der Waals surface area contributed by atoms with E-state index >= 15 is 0 Å². The van der Waals surface area contributed by atoms with Crippen LogP contribution in [-0.2, 0) is 4.57 Å². The third-order valence-corrected chi connectivity index (χ3v) is 0. The maximum absolute atomic E-state index is 8.88. The van der Waals surface area contributed by atoms with E-state index in [1.165, 1.54) is 0 Å². The van der Waals surface area contributed by atoms with Crippen molar-refractivity contribution in [1.82, 2.24) is 0 Å². The minimum atomic E-state index is -4.64. The normalized spacial score (nSPS) is 8.43. The Morgan fingerprint density at radius 2 is 1.14 bits per heavy atom. The molecule has 0 aliphatic heterocycles. The second kappa shape index (κ2) is 5.28. The summed E-state index contributed by atoms with van der Waals surface area (Å²) >= 11 is 0. The summed E-state index contributed by atoms with van der Waals surface area (Å²) in [5.41, 5.74) is 0. The summed E-state index contributed by atoms with van der Waals surface area (Å²) in [7, 11) is -4.64. The van der Waals surface area contributed by atoms with Gasteiger partial charge < -0.3 is 14.7 Å². The van der Waals surface area contributed by atoms with Crippen molar-refractivity contribution in [3.05, 3.63) is 0 Å². The van der Waals surface area contributed by atoms with Gasteiger partial charge in [-0.1, -0.05) is 0 Å². The van der Waals surface area contributed by atoms with E-state index < -0.39 is 7.82 Å². The van der Waals surface area contributed by atoms with E-state index in [1.54, 1.807) is 0 Å². The standard InChI is InChI=1S/Li.H3O4P.H3P.H/c;1-5(2,3)4;;/h;(H3,1,2,3,4);1H3;. The van der Waals surface area contributed by atoms with E-state index in [9.17, 15) is 0 Å². The molecule has 3 N–H and O–H groups in total. The van der Waals surface area contributed by atoms with Gasteiger partial charge in [-0.3, -0.25) is 0 Å². The predicted molar refractivity (Wildman–Crippen MR) is 32.5 cm³/mol. The van der Waals surface area contributed by atoms with Gasteiger partial charge in [-0.15, -0.1) is 0 Å². The molecule has 0 radical (unpaired) electrons. The Morgan fingerprint density at radius 3 is 1.14 bits per heavy atom. The molecule has 0 rings (SSSR count). The molecule has 0 fully saturated rings. The summed E-state index contributed by atoms with van der Waals surface area (Å²) in [5, 5.41) is 0. The Labute approximate surface area is 56.4 Å². The Balaban J connectivity index is -0.0000000800. The molecule has 0 aromatic rings. The van der Waals surface area contributed by atoms with E-state index in [-0.39, 0.29) is 28.8 Å². The van der Waals surface area contributed by atoms with Gasteiger partial charge >= 0.3 is 26.7 Å². The SMILES string of the molecule is O=P(O)(O)O.P.[LiH]. The van der Waals surface area contributed by atoms with Gasteiger partial charge in [-0.2, -0.15) is 9.90 Å². The zero-order chi connectivity index (χ0) is 4.50. The van der Waals surface area contributed by atoms with Gasteiger partial charge in [0.2, 0.25) is 0 Å². The van der Waals surface area contributed by atoms with E-state index in [0.29, 0.717) is 0 Å². The fourth-order valence-electron chi connectivity index (χ4n) is 0. The zero-order valence-electron chi connectivity index (χ0n) is 2.90. The Bertz CT molecular complexity index is 55.8. The maximum atomic E-state index is 8.88. The molecule has 1 unspecified atom stereocenters. The molecule has 0 aromatic heterocycles. The summed E-state index contributed by atoms with van der Waals surface area (Å²) in [5.74, 6) is 0. The number of phosphoric acid groups is 1. The average Bonchev–Trinajstić information content (AvgIpc) is 0.722. The van der Waals surface area contributed by atoms with E-state index in [0.717, 1.165) is 0 Å². The first kappa shape index (κ1) is 15.7. The van der Waals surface area contributed by atoms with Crippen molar-refractivity contribution < 1.29 is 19.2 Å². The summed E-state index contributed by atoms with van der Waals surface area (Å²) in [6.45, 7) is 0. The molecule has 0 aliphatic carbocycles. The molecule has 42 valence electrons. The van der Waals surface area contributed by atoms with Gasteiger partial charge in [-0.25, -0.2) is 4.57 Å². The van der Waals surface area contributed by atoms with Crippen molar-refractivity contribution in [3.63, 3.8) is 0 Å². The molecular weight excluding hydrogens is 133 g/mol. The molecule has 0 aromatic carbocycles. The Morgan fingerprint density at radius 1 is 1.14 bits per heavy atom. The molecule has 0 saturated carbocycles. The Hall–Kier alpha value is 1.14. The second-order valence-corrected chi connectivity index (χ2v) is 1.54. The van der Waals surface area contributed by atoms with Crippen LogP contribution in [0.25, 0.3) is 0 Å². The number of hydrogen-bond acceptors (Lipinski definition) is 1. The molecule has 0 amide bonds. The quantitative estimate of drug-likeness (QED) is 0.282. The van der Waals surface area contributed by atoms with Gasteiger partial charge in [0.1, 0.15) is 0 Å². The first-order chi connectivity index (χ1) is 2.00. The third-order valence-electron chi connectivity index (χ3n) is 0. The topological polar surface area (TPSA) is 77.8 Å². The van der Waals surface area contributed by atoms with Gasteiger partial charge in [0.05, 0.1) is 0 Å². The summed E-state index contributed by atoms with van der Waals surface area (Å²) in [6, 6.07) is 0. The van der Waals surface area contributed by atoms with Crippen LogP contribution in [0.3, 0.4) is 0 Å². The minimum absolute atomic E-state index is 0. The van der Waals surface area contributed by atoms with Crippen molar-refractivity contribution in [1.29, 1.82) is 0 Å². The van der Waals surface area contributed by atoms with Gasteiger partial charge in [-0.05, 0) is 0 Å². The van der Waals surface area contributed by atoms with Crippen LogP contribution in [0.4, 0.5) is 0 Å². The molecule has 1 atom stereocenters. The first-order valence-corrected chi connectivity index (χ1v) is 2.35. The fraction of sp³-hybridized carbons (Fsp3) is 0. The molecule has 4 nitrogen and oxygen atoms in total. The van der Waals surface area contributed by atoms with Crippen LogP contribution in [0.5, 0.6) is 0 Å². The summed E-state index contributed by atoms with van der Waals surface area (Å²) in [4.78, 5) is 21.6. The van der Waals surface area contributed by atoms with Crippen molar-refractivity contribution in [2.24, 2.45) is 0 Å². The molecule has 0 aliphatic rings. The first-order valence-electron chi connectivity index (χ1n) is 0.783. The zero-order valence-corrected chi connectivity index (χ0v) is 5.21. The Kier molecular flexibility index (Phi) is 11.8. The average molecular weight is 140 g/mol. The molecule has 7 heavy (non-hydrogen) atoms. The molecular formula is H7LiO4P2. The second-order valence-electron chi connectivity index (χ2n) is 0.513. The fourth-order valence-corrected chi connectivity index (χ4v) is 0. The number of hydrogen-bond donors (Lipinski definition) is 3.